The standard InChI is InChI=1S/C60H89N13O17/c1-2-50(75)62-20-21-65-60(86)69-59(61)64-19-6-9-49(57(84)66-39-44-10-16-48(74)17-11-44)68-58(85)56(45-7-4-3-5-8-45)46-12-14-47(15-13-46)67-51(76)18-31-87-33-35-89-37-38-90-36-34-88-32-22-63-52(77)40-70-23-25-71(41-53(78)79)27-29-73(43-55(82)83)30-28-72(26-24-70)42-54(80)81/h3-5,7-8,10-17,49,56,74H,2,6,9,18-43H2,1H3,(H,62,75)(H,63,77)(H,66,84)(H,67,76)(H,68,85)(H,78,79)(H,80,81)(H,82,83)(H4,61,64,65,69,86)/t49-,56-/m1/s1. The Balaban J connectivity index is 1.13. The van der Waals surface area contributed by atoms with Crippen molar-refractivity contribution in [1.82, 2.24) is 51.5 Å². The Morgan fingerprint density at radius 2 is 1.03 bits per heavy atom. The van der Waals surface area contributed by atoms with Gasteiger partial charge < -0.3 is 77.0 Å². The van der Waals surface area contributed by atoms with Gasteiger partial charge in [0.15, 0.2) is 5.96 Å². The highest BCUT2D eigenvalue weighted by molar-refractivity contribution is 5.95. The second-order valence-corrected chi connectivity index (χ2v) is 20.8. The second kappa shape index (κ2) is 43.3. The predicted octanol–water partition coefficient (Wildman–Crippen LogP) is -0.768. The SMILES string of the molecule is CCC(=O)NCCNC(=O)NC(N)=NCCC[C@@H](NC(=O)[C@H](c1ccccc1)c1ccc(NC(=O)CCOCCOCCOCCOCCNC(=O)CN2CCN(CC(=O)O)CCN(CC(=O)O)CCN(CC(=O)O)CC2)cc1)C(=O)NCc1ccc(O)cc1. The van der Waals surface area contributed by atoms with Gasteiger partial charge in [-0.25, -0.2) is 4.79 Å². The van der Waals surface area contributed by atoms with E-state index < -0.39 is 47.7 Å². The number of nitrogens with two attached hydrogens (primary N) is 1. The van der Waals surface area contributed by atoms with Crippen LogP contribution in [0.3, 0.4) is 0 Å². The molecule has 2 atom stereocenters. The number of ether oxygens (including phenoxy) is 4. The Morgan fingerprint density at radius 3 is 1.57 bits per heavy atom. The van der Waals surface area contributed by atoms with Gasteiger partial charge >= 0.3 is 23.9 Å². The lowest BCUT2D eigenvalue weighted by atomic mass is 9.90. The average molecular weight is 1260 g/mol. The number of anilines is 1. The molecule has 30 nitrogen and oxygen atoms in total. The summed E-state index contributed by atoms with van der Waals surface area (Å²) in [5, 5.41) is 57.1. The highest BCUT2D eigenvalue weighted by atomic mass is 16.6. The van der Waals surface area contributed by atoms with Crippen LogP contribution in [0.25, 0.3) is 0 Å². The number of nitrogens with one attached hydrogen (secondary N) is 7. The minimum absolute atomic E-state index is 0.00880. The number of nitrogens with zero attached hydrogens (tertiary/aromatic N) is 5. The molecule has 4 rings (SSSR count). The Hall–Kier alpha value is -8.36. The average Bonchev–Trinajstić information content (AvgIpc) is 1.04. The summed E-state index contributed by atoms with van der Waals surface area (Å²) >= 11 is 0. The van der Waals surface area contributed by atoms with Crippen molar-refractivity contribution in [3.05, 3.63) is 95.6 Å². The summed E-state index contributed by atoms with van der Waals surface area (Å²) in [5.74, 6) is -5.71. The number of phenolic OH excluding ortho intramolecular Hbond substituents is 1. The lowest BCUT2D eigenvalue weighted by Crippen LogP contribution is -2.50. The van der Waals surface area contributed by atoms with Gasteiger partial charge in [0, 0.05) is 97.2 Å². The van der Waals surface area contributed by atoms with Crippen LogP contribution in [0.4, 0.5) is 10.5 Å². The molecule has 0 saturated carbocycles. The molecule has 13 N–H and O–H groups in total. The highest BCUT2D eigenvalue weighted by Crippen LogP contribution is 2.27. The van der Waals surface area contributed by atoms with E-state index in [-0.39, 0.29) is 173 Å². The van der Waals surface area contributed by atoms with Gasteiger partial charge in [-0.2, -0.15) is 0 Å². The fraction of sp³-hybridized carbons (Fsp3) is 0.533. The number of aromatic hydroxyl groups is 1. The topological polar surface area (TPSA) is 407 Å². The molecule has 1 aliphatic rings. The Bertz CT molecular complexity index is 2680. The zero-order valence-corrected chi connectivity index (χ0v) is 51.1. The summed E-state index contributed by atoms with van der Waals surface area (Å²) < 4.78 is 22.3. The number of aliphatic imine (C=N–C) groups is 1. The molecule has 1 heterocycles. The molecule has 0 unspecified atom stereocenters. The van der Waals surface area contributed by atoms with Gasteiger partial charge in [-0.05, 0) is 53.8 Å². The molecule has 3 aromatic rings. The van der Waals surface area contributed by atoms with Crippen molar-refractivity contribution in [1.29, 1.82) is 0 Å². The van der Waals surface area contributed by atoms with E-state index >= 15 is 0 Å². The molecule has 0 radical (unpaired) electrons. The molecule has 496 valence electrons. The summed E-state index contributed by atoms with van der Waals surface area (Å²) in [6.07, 6.45) is 0.816. The number of rotatable bonds is 39. The van der Waals surface area contributed by atoms with E-state index in [0.29, 0.717) is 62.6 Å². The van der Waals surface area contributed by atoms with Gasteiger partial charge in [0.05, 0.1) is 91.4 Å². The zero-order chi connectivity index (χ0) is 65.3. The first-order valence-electron chi connectivity index (χ1n) is 29.9. The molecule has 0 bridgehead atoms. The highest BCUT2D eigenvalue weighted by Gasteiger charge is 2.29. The summed E-state index contributed by atoms with van der Waals surface area (Å²) in [6, 6.07) is 20.5. The van der Waals surface area contributed by atoms with Crippen LogP contribution in [0.1, 0.15) is 55.2 Å². The number of phenols is 1. The van der Waals surface area contributed by atoms with Crippen molar-refractivity contribution in [2.45, 2.75) is 51.1 Å². The van der Waals surface area contributed by atoms with Crippen LogP contribution < -0.4 is 43.0 Å². The number of urea groups is 1. The first-order chi connectivity index (χ1) is 43.4. The van der Waals surface area contributed by atoms with Crippen molar-refractivity contribution in [3.63, 3.8) is 0 Å². The van der Waals surface area contributed by atoms with E-state index in [9.17, 15) is 63.6 Å². The van der Waals surface area contributed by atoms with Crippen LogP contribution in [0.5, 0.6) is 5.75 Å². The zero-order valence-electron chi connectivity index (χ0n) is 51.1. The lowest BCUT2D eigenvalue weighted by molar-refractivity contribution is -0.140. The van der Waals surface area contributed by atoms with Crippen molar-refractivity contribution < 1.29 is 82.5 Å². The fourth-order valence-electron chi connectivity index (χ4n) is 9.00. The van der Waals surface area contributed by atoms with Crippen LogP contribution in [0, 0.1) is 0 Å². The molecule has 3 aromatic carbocycles. The quantitative estimate of drug-likeness (QED) is 0.0190. The molecule has 0 aromatic heterocycles. The number of carboxylic acid groups (broad SMARTS) is 3. The number of aliphatic carboxylic acids is 3. The maximum absolute atomic E-state index is 14.3. The molecule has 0 aliphatic carbocycles. The van der Waals surface area contributed by atoms with Gasteiger partial charge in [-0.15, -0.1) is 0 Å². The van der Waals surface area contributed by atoms with E-state index in [1.807, 2.05) is 11.0 Å². The van der Waals surface area contributed by atoms with Crippen molar-refractivity contribution in [2.75, 3.05) is 163 Å². The third-order valence-corrected chi connectivity index (χ3v) is 13.7. The number of amides is 7. The smallest absolute Gasteiger partial charge is 0.321 e. The van der Waals surface area contributed by atoms with Crippen LogP contribution in [-0.4, -0.2) is 263 Å². The van der Waals surface area contributed by atoms with Crippen LogP contribution >= 0.6 is 0 Å². The van der Waals surface area contributed by atoms with Gasteiger partial charge in [0.25, 0.3) is 0 Å². The largest absolute Gasteiger partial charge is 0.508 e. The molecule has 0 spiro atoms. The first-order valence-corrected chi connectivity index (χ1v) is 29.9. The Morgan fingerprint density at radius 1 is 0.544 bits per heavy atom. The van der Waals surface area contributed by atoms with Crippen LogP contribution in [0.15, 0.2) is 83.9 Å². The lowest BCUT2D eigenvalue weighted by Gasteiger charge is -2.32. The number of carbonyl (C=O) groups is 9. The third-order valence-electron chi connectivity index (χ3n) is 13.7. The van der Waals surface area contributed by atoms with E-state index in [2.05, 4.69) is 42.2 Å². The maximum atomic E-state index is 14.3. The van der Waals surface area contributed by atoms with Gasteiger partial charge in [-0.3, -0.25) is 68.3 Å². The minimum Gasteiger partial charge on any atom is -0.508 e. The van der Waals surface area contributed by atoms with E-state index in [1.165, 1.54) is 12.1 Å². The molecule has 30 heteroatoms. The van der Waals surface area contributed by atoms with Gasteiger partial charge in [0.1, 0.15) is 11.8 Å². The summed E-state index contributed by atoms with van der Waals surface area (Å²) in [6.45, 7) is 6.12. The minimum atomic E-state index is -1.04. The van der Waals surface area contributed by atoms with E-state index in [1.54, 1.807) is 82.3 Å². The number of benzene rings is 3. The van der Waals surface area contributed by atoms with E-state index in [0.717, 1.165) is 5.56 Å². The number of hydrogen-bond donors (Lipinski definition) is 12. The fourth-order valence-corrected chi connectivity index (χ4v) is 9.00. The normalized spacial score (nSPS) is 14.6. The Kier molecular flexibility index (Phi) is 35.7. The Labute approximate surface area is 523 Å². The maximum Gasteiger partial charge on any atom is 0.321 e. The molecule has 90 heavy (non-hydrogen) atoms. The van der Waals surface area contributed by atoms with Crippen molar-refractivity contribution >= 4 is 65.1 Å². The monoisotopic (exact) mass is 1260 g/mol. The number of carboxylic acids is 3. The van der Waals surface area contributed by atoms with E-state index in [4.69, 9.17) is 24.7 Å². The van der Waals surface area contributed by atoms with Crippen molar-refractivity contribution in [3.8, 4) is 5.75 Å². The molecule has 7 amide bonds. The van der Waals surface area contributed by atoms with Gasteiger partial charge in [0.2, 0.25) is 29.5 Å². The first kappa shape index (κ1) is 74.1. The second-order valence-electron chi connectivity index (χ2n) is 20.8. The van der Waals surface area contributed by atoms with Crippen LogP contribution in [-0.2, 0) is 63.8 Å². The molecule has 1 fully saturated rings. The summed E-state index contributed by atoms with van der Waals surface area (Å²) in [5.41, 5.74) is 8.38. The summed E-state index contributed by atoms with van der Waals surface area (Å²) in [4.78, 5) is 123. The van der Waals surface area contributed by atoms with Crippen molar-refractivity contribution in [2.24, 2.45) is 10.7 Å². The summed E-state index contributed by atoms with van der Waals surface area (Å²) in [7, 11) is 0. The predicted molar refractivity (Wildman–Crippen MR) is 330 cm³/mol. The third kappa shape index (κ3) is 32.7. The molecule has 1 aliphatic heterocycles. The number of hydrogen-bond acceptors (Lipinski definition) is 19. The number of carbonyl (C=O) groups excluding carboxylic acids is 6. The van der Waals surface area contributed by atoms with Gasteiger partial charge in [-0.1, -0.05) is 61.5 Å². The molecule has 1 saturated heterocycles. The van der Waals surface area contributed by atoms with Crippen LogP contribution in [0.2, 0.25) is 0 Å². The number of guanidine groups is 1. The molecular formula is C60H89N13O17. The molecular weight excluding hydrogens is 1170 g/mol.